The highest BCUT2D eigenvalue weighted by Gasteiger charge is 2.05. The van der Waals surface area contributed by atoms with E-state index in [-0.39, 0.29) is 0 Å². The fourth-order valence-electron chi connectivity index (χ4n) is 0.764. The first-order valence-electron chi connectivity index (χ1n) is 3.00. The van der Waals surface area contributed by atoms with Crippen LogP contribution in [0.25, 0.3) is 0 Å². The summed E-state index contributed by atoms with van der Waals surface area (Å²) in [7, 11) is 2.00. The Bertz CT molecular complexity index is 197. The maximum Gasteiger partial charge on any atom is 0.168 e. The minimum absolute atomic E-state index is 0.574. The van der Waals surface area contributed by atoms with Crippen LogP contribution in [0.15, 0.2) is 0 Å². The predicted octanol–water partition coefficient (Wildman–Crippen LogP) is -0.0801. The van der Waals surface area contributed by atoms with Crippen LogP contribution in [-0.2, 0) is 0 Å². The largest absolute Gasteiger partial charge is 0.168 e. The maximum atomic E-state index is 3.91. The summed E-state index contributed by atoms with van der Waals surface area (Å²) in [6.07, 6.45) is 0. The van der Waals surface area contributed by atoms with Crippen molar-refractivity contribution in [3.05, 3.63) is 4.88 Å². The molecular formula is C5H9BN2S. The minimum Gasteiger partial charge on any atom is -0.154 e. The number of hydrogen-bond donors (Lipinski definition) is 0. The maximum absolute atomic E-state index is 3.91. The van der Waals surface area contributed by atoms with Crippen molar-refractivity contribution in [3.8, 4) is 0 Å². The van der Waals surface area contributed by atoms with Crippen LogP contribution in [0.3, 0.4) is 0 Å². The Morgan fingerprint density at radius 2 is 2.22 bits per heavy atom. The van der Waals surface area contributed by atoms with Crippen LogP contribution in [0.5, 0.6) is 0 Å². The van der Waals surface area contributed by atoms with E-state index in [0.29, 0.717) is 5.92 Å². The van der Waals surface area contributed by atoms with E-state index in [0.717, 1.165) is 5.59 Å². The van der Waals surface area contributed by atoms with Crippen LogP contribution in [0.2, 0.25) is 0 Å². The second kappa shape index (κ2) is 2.48. The van der Waals surface area contributed by atoms with E-state index in [1.165, 1.54) is 16.4 Å². The first kappa shape index (κ1) is 6.74. The van der Waals surface area contributed by atoms with Gasteiger partial charge in [0.25, 0.3) is 0 Å². The fourth-order valence-corrected chi connectivity index (χ4v) is 1.40. The van der Waals surface area contributed by atoms with Gasteiger partial charge in [-0.3, -0.25) is 0 Å². The zero-order valence-electron chi connectivity index (χ0n) is 5.88. The molecule has 1 heterocycles. The summed E-state index contributed by atoms with van der Waals surface area (Å²) in [6, 6.07) is 0. The lowest BCUT2D eigenvalue weighted by atomic mass is 9.99. The van der Waals surface area contributed by atoms with Crippen molar-refractivity contribution in [3.63, 3.8) is 0 Å². The Balaban J connectivity index is 2.94. The summed E-state index contributed by atoms with van der Waals surface area (Å²) in [4.78, 5) is 1.30. The van der Waals surface area contributed by atoms with Crippen molar-refractivity contribution in [1.82, 2.24) is 9.59 Å². The molecule has 0 unspecified atom stereocenters. The minimum atomic E-state index is 0.574. The molecule has 2 nitrogen and oxygen atoms in total. The molecule has 1 rings (SSSR count). The van der Waals surface area contributed by atoms with Crippen LogP contribution in [-0.4, -0.2) is 17.4 Å². The molecule has 1 aromatic heterocycles. The van der Waals surface area contributed by atoms with E-state index >= 15 is 0 Å². The van der Waals surface area contributed by atoms with Gasteiger partial charge in [-0.2, -0.15) is 5.10 Å². The highest BCUT2D eigenvalue weighted by Crippen LogP contribution is 2.12. The Morgan fingerprint density at radius 1 is 1.56 bits per heavy atom. The van der Waals surface area contributed by atoms with Gasteiger partial charge in [0.1, 0.15) is 0 Å². The molecule has 0 aliphatic rings. The van der Waals surface area contributed by atoms with Gasteiger partial charge in [-0.05, 0) is 17.5 Å². The molecule has 0 atom stereocenters. The first-order chi connectivity index (χ1) is 4.22. The lowest BCUT2D eigenvalue weighted by Gasteiger charge is -1.97. The molecule has 0 fully saturated rings. The van der Waals surface area contributed by atoms with Gasteiger partial charge < -0.3 is 0 Å². The standard InChI is InChI=1S/C5H9BN2S/c1-3(2)4-5(6)7-8-9-4/h3H,6H2,1-2H3. The quantitative estimate of drug-likeness (QED) is 0.510. The number of aromatic nitrogens is 2. The normalized spacial score (nSPS) is 10.6. The van der Waals surface area contributed by atoms with Gasteiger partial charge >= 0.3 is 0 Å². The van der Waals surface area contributed by atoms with Crippen molar-refractivity contribution in [2.24, 2.45) is 0 Å². The third-order valence-electron chi connectivity index (χ3n) is 1.21. The number of nitrogens with zero attached hydrogens (tertiary/aromatic N) is 2. The van der Waals surface area contributed by atoms with Crippen molar-refractivity contribution in [2.45, 2.75) is 19.8 Å². The molecule has 9 heavy (non-hydrogen) atoms. The van der Waals surface area contributed by atoms with E-state index in [1.54, 1.807) is 0 Å². The average molecular weight is 140 g/mol. The predicted molar refractivity (Wildman–Crippen MR) is 42.2 cm³/mol. The molecule has 0 amide bonds. The number of hydrogen-bond acceptors (Lipinski definition) is 3. The van der Waals surface area contributed by atoms with E-state index < -0.39 is 0 Å². The van der Waals surface area contributed by atoms with Crippen LogP contribution in [0.1, 0.15) is 24.6 Å². The molecule has 1 aromatic rings. The van der Waals surface area contributed by atoms with Gasteiger partial charge in [-0.15, -0.1) is 0 Å². The fraction of sp³-hybridized carbons (Fsp3) is 0.600. The van der Waals surface area contributed by atoms with Gasteiger partial charge in [0, 0.05) is 10.5 Å². The molecule has 0 aliphatic heterocycles. The molecule has 0 radical (unpaired) electrons. The van der Waals surface area contributed by atoms with Crippen molar-refractivity contribution < 1.29 is 0 Å². The molecule has 0 spiro atoms. The third-order valence-corrected chi connectivity index (χ3v) is 2.34. The molecular weight excluding hydrogens is 131 g/mol. The molecule has 0 N–H and O–H groups in total. The topological polar surface area (TPSA) is 25.8 Å². The summed E-state index contributed by atoms with van der Waals surface area (Å²) in [5.74, 6) is 0.574. The second-order valence-electron chi connectivity index (χ2n) is 2.38. The molecule has 0 bridgehead atoms. The van der Waals surface area contributed by atoms with Crippen LogP contribution >= 0.6 is 11.5 Å². The van der Waals surface area contributed by atoms with Gasteiger partial charge in [0.15, 0.2) is 7.85 Å². The Labute approximate surface area is 59.9 Å². The highest BCUT2D eigenvalue weighted by atomic mass is 32.1. The monoisotopic (exact) mass is 140 g/mol. The average Bonchev–Trinajstić information content (AvgIpc) is 2.13. The van der Waals surface area contributed by atoms with E-state index in [4.69, 9.17) is 0 Å². The smallest absolute Gasteiger partial charge is 0.154 e. The Morgan fingerprint density at radius 3 is 2.44 bits per heavy atom. The van der Waals surface area contributed by atoms with Crippen molar-refractivity contribution in [2.75, 3.05) is 0 Å². The van der Waals surface area contributed by atoms with Crippen LogP contribution in [0, 0.1) is 0 Å². The lowest BCUT2D eigenvalue weighted by Crippen LogP contribution is -2.09. The van der Waals surface area contributed by atoms with Gasteiger partial charge in [0.05, 0.1) is 0 Å². The summed E-state index contributed by atoms with van der Waals surface area (Å²) >= 11 is 1.50. The summed E-state index contributed by atoms with van der Waals surface area (Å²) in [5.41, 5.74) is 1.08. The second-order valence-corrected chi connectivity index (χ2v) is 3.16. The Kier molecular flexibility index (Phi) is 1.85. The highest BCUT2D eigenvalue weighted by molar-refractivity contribution is 7.06. The molecule has 48 valence electrons. The van der Waals surface area contributed by atoms with E-state index in [2.05, 4.69) is 23.4 Å². The first-order valence-corrected chi connectivity index (χ1v) is 3.78. The van der Waals surface area contributed by atoms with E-state index in [1.807, 2.05) is 7.85 Å². The molecule has 0 aliphatic carbocycles. The van der Waals surface area contributed by atoms with Gasteiger partial charge in [0.2, 0.25) is 0 Å². The number of rotatable bonds is 1. The van der Waals surface area contributed by atoms with Crippen LogP contribution in [0.4, 0.5) is 0 Å². The summed E-state index contributed by atoms with van der Waals surface area (Å²) in [6.45, 7) is 4.31. The molecule has 0 saturated heterocycles. The SMILES string of the molecule is Bc1nnsc1C(C)C. The zero-order chi connectivity index (χ0) is 6.85. The van der Waals surface area contributed by atoms with Gasteiger partial charge in [-0.25, -0.2) is 0 Å². The molecule has 0 aromatic carbocycles. The van der Waals surface area contributed by atoms with Crippen molar-refractivity contribution in [1.29, 1.82) is 0 Å². The zero-order valence-corrected chi connectivity index (χ0v) is 6.70. The third kappa shape index (κ3) is 1.30. The lowest BCUT2D eigenvalue weighted by molar-refractivity contribution is 0.892. The molecule has 4 heteroatoms. The van der Waals surface area contributed by atoms with E-state index in [9.17, 15) is 0 Å². The van der Waals surface area contributed by atoms with Gasteiger partial charge in [-0.1, -0.05) is 18.3 Å². The molecule has 0 saturated carbocycles. The summed E-state index contributed by atoms with van der Waals surface area (Å²) < 4.78 is 3.83. The Hall–Kier alpha value is -0.375. The van der Waals surface area contributed by atoms with Crippen molar-refractivity contribution >= 4 is 25.0 Å². The van der Waals surface area contributed by atoms with Crippen LogP contribution < -0.4 is 5.59 Å². The summed E-state index contributed by atoms with van der Waals surface area (Å²) in [5, 5.41) is 3.91.